The van der Waals surface area contributed by atoms with Crippen molar-refractivity contribution in [2.45, 2.75) is 12.2 Å². The monoisotopic (exact) mass is 271 g/mol. The highest BCUT2D eigenvalue weighted by Gasteiger charge is 2.30. The van der Waals surface area contributed by atoms with Crippen LogP contribution in [0.3, 0.4) is 0 Å². The third-order valence-corrected chi connectivity index (χ3v) is 3.62. The molecular formula is C13H12F3NS. The van der Waals surface area contributed by atoms with Crippen LogP contribution in [0.1, 0.15) is 22.0 Å². The zero-order valence-corrected chi connectivity index (χ0v) is 10.5. The number of thiophene rings is 1. The summed E-state index contributed by atoms with van der Waals surface area (Å²) in [6.45, 7) is 0. The molecule has 1 heterocycles. The lowest BCUT2D eigenvalue weighted by atomic mass is 10.0. The van der Waals surface area contributed by atoms with Gasteiger partial charge in [-0.1, -0.05) is 18.2 Å². The zero-order chi connectivity index (χ0) is 13.2. The molecule has 0 saturated heterocycles. The standard InChI is InChI=1S/C13H12F3NS/c1-17-12(11-3-2-8-18-11)9-4-6-10(7-5-9)13(14,15)16/h2-8,12,17H,1H3. The van der Waals surface area contributed by atoms with Crippen molar-refractivity contribution in [2.24, 2.45) is 0 Å². The van der Waals surface area contributed by atoms with E-state index in [1.54, 1.807) is 18.4 Å². The lowest BCUT2D eigenvalue weighted by Crippen LogP contribution is -2.16. The van der Waals surface area contributed by atoms with E-state index in [4.69, 9.17) is 0 Å². The second-order valence-corrected chi connectivity index (χ2v) is 4.84. The fraction of sp³-hybridized carbons (Fsp3) is 0.231. The van der Waals surface area contributed by atoms with E-state index < -0.39 is 11.7 Å². The van der Waals surface area contributed by atoms with Crippen molar-refractivity contribution in [1.82, 2.24) is 5.32 Å². The van der Waals surface area contributed by atoms with E-state index in [9.17, 15) is 13.2 Å². The van der Waals surface area contributed by atoms with Gasteiger partial charge in [0.25, 0.3) is 0 Å². The van der Waals surface area contributed by atoms with E-state index in [1.165, 1.54) is 12.1 Å². The van der Waals surface area contributed by atoms with E-state index in [0.717, 1.165) is 22.6 Å². The second kappa shape index (κ2) is 5.12. The summed E-state index contributed by atoms with van der Waals surface area (Å²) in [5.41, 5.74) is 0.209. The first kappa shape index (κ1) is 13.1. The number of rotatable bonds is 3. The molecule has 5 heteroatoms. The minimum Gasteiger partial charge on any atom is -0.309 e. The molecule has 1 atom stereocenters. The molecule has 1 nitrogen and oxygen atoms in total. The van der Waals surface area contributed by atoms with E-state index in [-0.39, 0.29) is 6.04 Å². The van der Waals surface area contributed by atoms with Crippen molar-refractivity contribution in [1.29, 1.82) is 0 Å². The lowest BCUT2D eigenvalue weighted by Gasteiger charge is -2.16. The van der Waals surface area contributed by atoms with Crippen LogP contribution in [0.4, 0.5) is 13.2 Å². The number of nitrogens with one attached hydrogen (secondary N) is 1. The van der Waals surface area contributed by atoms with Gasteiger partial charge in [-0.3, -0.25) is 0 Å². The van der Waals surface area contributed by atoms with Crippen molar-refractivity contribution < 1.29 is 13.2 Å². The van der Waals surface area contributed by atoms with E-state index >= 15 is 0 Å². The second-order valence-electron chi connectivity index (χ2n) is 3.86. The average molecular weight is 271 g/mol. The predicted octanol–water partition coefficient (Wildman–Crippen LogP) is 4.08. The molecule has 0 aliphatic rings. The third-order valence-electron chi connectivity index (χ3n) is 2.69. The normalized spacial score (nSPS) is 13.6. The number of benzene rings is 1. The SMILES string of the molecule is CNC(c1ccc(C(F)(F)F)cc1)c1cccs1. The molecule has 0 spiro atoms. The molecule has 0 radical (unpaired) electrons. The first-order chi connectivity index (χ1) is 8.52. The van der Waals surface area contributed by atoms with Crippen LogP contribution in [0.2, 0.25) is 0 Å². The topological polar surface area (TPSA) is 12.0 Å². The van der Waals surface area contributed by atoms with Gasteiger partial charge in [-0.15, -0.1) is 11.3 Å². The van der Waals surface area contributed by atoms with Gasteiger partial charge in [-0.25, -0.2) is 0 Å². The molecule has 1 aromatic heterocycles. The summed E-state index contributed by atoms with van der Waals surface area (Å²) < 4.78 is 37.4. The summed E-state index contributed by atoms with van der Waals surface area (Å²) in [6.07, 6.45) is -4.28. The zero-order valence-electron chi connectivity index (χ0n) is 9.66. The third kappa shape index (κ3) is 2.73. The van der Waals surface area contributed by atoms with Gasteiger partial charge in [0, 0.05) is 4.88 Å². The van der Waals surface area contributed by atoms with Gasteiger partial charge < -0.3 is 5.32 Å². The summed E-state index contributed by atoms with van der Waals surface area (Å²) in [5.74, 6) is 0. The van der Waals surface area contributed by atoms with Crippen LogP contribution >= 0.6 is 11.3 Å². The summed E-state index contributed by atoms with van der Waals surface area (Å²) >= 11 is 1.58. The van der Waals surface area contributed by atoms with E-state index in [1.807, 2.05) is 17.5 Å². The van der Waals surface area contributed by atoms with Gasteiger partial charge in [-0.05, 0) is 36.2 Å². The molecule has 0 saturated carbocycles. The van der Waals surface area contributed by atoms with Crippen LogP contribution in [0.25, 0.3) is 0 Å². The summed E-state index contributed by atoms with van der Waals surface area (Å²) in [4.78, 5) is 1.08. The molecule has 0 amide bonds. The molecule has 1 aromatic carbocycles. The number of hydrogen-bond acceptors (Lipinski definition) is 2. The highest BCUT2D eigenvalue weighted by Crippen LogP contribution is 2.31. The maximum absolute atomic E-state index is 12.5. The summed E-state index contributed by atoms with van der Waals surface area (Å²) in [7, 11) is 1.79. The Hall–Kier alpha value is -1.33. The predicted molar refractivity (Wildman–Crippen MR) is 66.7 cm³/mol. The van der Waals surface area contributed by atoms with Gasteiger partial charge in [-0.2, -0.15) is 13.2 Å². The van der Waals surface area contributed by atoms with Crippen LogP contribution in [0.5, 0.6) is 0 Å². The maximum Gasteiger partial charge on any atom is 0.416 e. The Bertz CT molecular complexity index is 488. The van der Waals surface area contributed by atoms with Gasteiger partial charge in [0.15, 0.2) is 0 Å². The van der Waals surface area contributed by atoms with E-state index in [0.29, 0.717) is 0 Å². The average Bonchev–Trinajstić information content (AvgIpc) is 2.83. The number of hydrogen-bond donors (Lipinski definition) is 1. The number of halogens is 3. The van der Waals surface area contributed by atoms with Crippen LogP contribution in [-0.2, 0) is 6.18 Å². The Kier molecular flexibility index (Phi) is 3.73. The largest absolute Gasteiger partial charge is 0.416 e. The van der Waals surface area contributed by atoms with Gasteiger partial charge >= 0.3 is 6.18 Å². The quantitative estimate of drug-likeness (QED) is 0.887. The van der Waals surface area contributed by atoms with Crippen molar-refractivity contribution in [3.05, 3.63) is 57.8 Å². The molecule has 2 aromatic rings. The molecule has 0 fully saturated rings. The maximum atomic E-state index is 12.5. The van der Waals surface area contributed by atoms with Crippen LogP contribution < -0.4 is 5.32 Å². The first-order valence-electron chi connectivity index (χ1n) is 5.40. The molecule has 0 aliphatic carbocycles. The fourth-order valence-corrected chi connectivity index (χ4v) is 2.65. The molecule has 2 rings (SSSR count). The number of alkyl halides is 3. The Balaban J connectivity index is 2.28. The van der Waals surface area contributed by atoms with Crippen LogP contribution in [-0.4, -0.2) is 7.05 Å². The fourth-order valence-electron chi connectivity index (χ4n) is 1.79. The van der Waals surface area contributed by atoms with E-state index in [2.05, 4.69) is 5.32 Å². The molecule has 0 aliphatic heterocycles. The summed E-state index contributed by atoms with van der Waals surface area (Å²) in [5, 5.41) is 5.06. The molecular weight excluding hydrogens is 259 g/mol. The molecule has 1 unspecified atom stereocenters. The molecule has 96 valence electrons. The van der Waals surface area contributed by atoms with Crippen LogP contribution in [0.15, 0.2) is 41.8 Å². The molecule has 18 heavy (non-hydrogen) atoms. The van der Waals surface area contributed by atoms with Gasteiger partial charge in [0.2, 0.25) is 0 Å². The minimum absolute atomic E-state index is 0.0627. The van der Waals surface area contributed by atoms with Gasteiger partial charge in [0.1, 0.15) is 0 Å². The molecule has 0 bridgehead atoms. The summed E-state index contributed by atoms with van der Waals surface area (Å²) in [6, 6.07) is 9.10. The van der Waals surface area contributed by atoms with Crippen molar-refractivity contribution in [3.8, 4) is 0 Å². The Labute approximate surface area is 107 Å². The van der Waals surface area contributed by atoms with Crippen LogP contribution in [0, 0.1) is 0 Å². The van der Waals surface area contributed by atoms with Gasteiger partial charge in [0.05, 0.1) is 11.6 Å². The Morgan fingerprint density at radius 1 is 1.11 bits per heavy atom. The minimum atomic E-state index is -4.28. The first-order valence-corrected chi connectivity index (χ1v) is 6.28. The van der Waals surface area contributed by atoms with Crippen molar-refractivity contribution >= 4 is 11.3 Å². The Morgan fingerprint density at radius 2 is 1.78 bits per heavy atom. The van der Waals surface area contributed by atoms with Crippen molar-refractivity contribution in [3.63, 3.8) is 0 Å². The smallest absolute Gasteiger partial charge is 0.309 e. The molecule has 1 N–H and O–H groups in total. The highest BCUT2D eigenvalue weighted by molar-refractivity contribution is 7.10. The highest BCUT2D eigenvalue weighted by atomic mass is 32.1. The van der Waals surface area contributed by atoms with Crippen molar-refractivity contribution in [2.75, 3.05) is 7.05 Å². The Morgan fingerprint density at radius 3 is 2.22 bits per heavy atom. The lowest BCUT2D eigenvalue weighted by molar-refractivity contribution is -0.137.